The van der Waals surface area contributed by atoms with Gasteiger partial charge in [0.05, 0.1) is 38.4 Å². The third kappa shape index (κ3) is 5.66. The number of aliphatic imine (C=N–C) groups is 2. The van der Waals surface area contributed by atoms with Crippen molar-refractivity contribution < 1.29 is 19.1 Å². The number of hydrogen-bond acceptors (Lipinski definition) is 6. The molecule has 6 nitrogen and oxygen atoms in total. The van der Waals surface area contributed by atoms with Crippen molar-refractivity contribution in [2.45, 2.75) is 0 Å². The number of esters is 2. The van der Waals surface area contributed by atoms with Gasteiger partial charge in [0.2, 0.25) is 0 Å². The van der Waals surface area contributed by atoms with E-state index in [9.17, 15) is 9.59 Å². The van der Waals surface area contributed by atoms with Crippen LogP contribution < -0.4 is 0 Å². The highest BCUT2D eigenvalue weighted by Crippen LogP contribution is 2.06. The van der Waals surface area contributed by atoms with Crippen LogP contribution in [-0.4, -0.2) is 51.7 Å². The third-order valence-corrected chi connectivity index (χ3v) is 3.45. The lowest BCUT2D eigenvalue weighted by Crippen LogP contribution is -2.01. The fourth-order valence-corrected chi connectivity index (χ4v) is 2.18. The molecule has 0 radical (unpaired) electrons. The number of rotatable bonds is 7. The number of carbonyl (C=O) groups is 2. The second-order valence-corrected chi connectivity index (χ2v) is 5.30. The topological polar surface area (TPSA) is 77.3 Å². The Balaban J connectivity index is 1.87. The zero-order valence-corrected chi connectivity index (χ0v) is 14.7. The van der Waals surface area contributed by atoms with E-state index in [-0.39, 0.29) is 11.9 Å². The molecule has 0 aliphatic rings. The molecular weight excluding hydrogens is 332 g/mol. The van der Waals surface area contributed by atoms with Crippen molar-refractivity contribution in [2.24, 2.45) is 9.98 Å². The molecule has 0 spiro atoms. The van der Waals surface area contributed by atoms with Gasteiger partial charge in [0.25, 0.3) is 0 Å². The van der Waals surface area contributed by atoms with E-state index < -0.39 is 0 Å². The van der Waals surface area contributed by atoms with Crippen molar-refractivity contribution in [2.75, 3.05) is 27.3 Å². The van der Waals surface area contributed by atoms with Crippen LogP contribution in [0, 0.1) is 0 Å². The predicted octanol–water partition coefficient (Wildman–Crippen LogP) is 2.80. The summed E-state index contributed by atoms with van der Waals surface area (Å²) in [5.74, 6) is -0.752. The molecule has 0 fully saturated rings. The molecule has 2 rings (SSSR count). The van der Waals surface area contributed by atoms with Crippen molar-refractivity contribution >= 4 is 24.4 Å². The maximum Gasteiger partial charge on any atom is 0.337 e. The Bertz CT molecular complexity index is 759. The first-order valence-corrected chi connectivity index (χ1v) is 8.00. The van der Waals surface area contributed by atoms with Gasteiger partial charge in [-0.25, -0.2) is 9.59 Å². The lowest BCUT2D eigenvalue weighted by atomic mass is 10.1. The van der Waals surface area contributed by atoms with Crippen molar-refractivity contribution in [1.29, 1.82) is 0 Å². The summed E-state index contributed by atoms with van der Waals surface area (Å²) in [6, 6.07) is 14.1. The molecule has 0 atom stereocenters. The minimum atomic E-state index is -0.376. The number of methoxy groups -OCH3 is 2. The molecule has 0 unspecified atom stereocenters. The van der Waals surface area contributed by atoms with E-state index in [2.05, 4.69) is 19.5 Å². The molecule has 2 aromatic rings. The van der Waals surface area contributed by atoms with E-state index >= 15 is 0 Å². The average molecular weight is 352 g/mol. The van der Waals surface area contributed by atoms with Crippen LogP contribution in [-0.2, 0) is 9.47 Å². The van der Waals surface area contributed by atoms with Crippen LogP contribution in [0.1, 0.15) is 31.8 Å². The zero-order chi connectivity index (χ0) is 18.8. The Hall–Kier alpha value is -3.28. The predicted molar refractivity (Wildman–Crippen MR) is 100 cm³/mol. The number of carbonyl (C=O) groups excluding carboxylic acids is 2. The molecule has 0 aliphatic heterocycles. The van der Waals surface area contributed by atoms with Gasteiger partial charge in [-0.2, -0.15) is 0 Å². The number of ether oxygens (including phenoxy) is 2. The highest BCUT2D eigenvalue weighted by Gasteiger charge is 2.05. The van der Waals surface area contributed by atoms with Crippen LogP contribution in [0.4, 0.5) is 0 Å². The molecule has 26 heavy (non-hydrogen) atoms. The minimum absolute atomic E-state index is 0.376. The van der Waals surface area contributed by atoms with E-state index in [4.69, 9.17) is 0 Å². The first-order chi connectivity index (χ1) is 12.6. The standard InChI is InChI=1S/C20H20N2O4/c1-25-19(23)17-7-3-5-15(11-17)13-21-9-10-22-14-16-6-4-8-18(12-16)20(24)26-2/h3-8,11-14H,9-10H2,1-2H3/b21-13+,22-14+. The summed E-state index contributed by atoms with van der Waals surface area (Å²) in [5.41, 5.74) is 2.62. The number of hydrogen-bond donors (Lipinski definition) is 0. The number of nitrogens with zero attached hydrogens (tertiary/aromatic N) is 2. The molecule has 6 heteroatoms. The largest absolute Gasteiger partial charge is 0.465 e. The van der Waals surface area contributed by atoms with Gasteiger partial charge < -0.3 is 9.47 Å². The lowest BCUT2D eigenvalue weighted by Gasteiger charge is -2.00. The van der Waals surface area contributed by atoms with Gasteiger partial charge in [0, 0.05) is 12.4 Å². The molecule has 2 aromatic carbocycles. The Morgan fingerprint density at radius 1 is 0.808 bits per heavy atom. The Kier molecular flexibility index (Phi) is 7.24. The van der Waals surface area contributed by atoms with Crippen LogP contribution in [0.25, 0.3) is 0 Å². The quantitative estimate of drug-likeness (QED) is 0.436. The summed E-state index contributed by atoms with van der Waals surface area (Å²) in [5, 5.41) is 0. The summed E-state index contributed by atoms with van der Waals surface area (Å²) < 4.78 is 9.38. The van der Waals surface area contributed by atoms with E-state index in [1.165, 1.54) is 14.2 Å². The molecule has 0 saturated carbocycles. The molecule has 134 valence electrons. The van der Waals surface area contributed by atoms with Crippen LogP contribution >= 0.6 is 0 Å². The van der Waals surface area contributed by atoms with Crippen molar-refractivity contribution in [1.82, 2.24) is 0 Å². The van der Waals surface area contributed by atoms with Gasteiger partial charge in [-0.3, -0.25) is 9.98 Å². The molecule has 0 bridgehead atoms. The summed E-state index contributed by atoms with van der Waals surface area (Å²) >= 11 is 0. The van der Waals surface area contributed by atoms with Gasteiger partial charge in [0.1, 0.15) is 0 Å². The highest BCUT2D eigenvalue weighted by molar-refractivity contribution is 5.92. The molecule has 0 aromatic heterocycles. The lowest BCUT2D eigenvalue weighted by molar-refractivity contribution is 0.0592. The molecule has 0 N–H and O–H groups in total. The number of benzene rings is 2. The monoisotopic (exact) mass is 352 g/mol. The molecule has 0 saturated heterocycles. The van der Waals surface area contributed by atoms with E-state index in [1.54, 1.807) is 48.8 Å². The van der Waals surface area contributed by atoms with Crippen LogP contribution in [0.5, 0.6) is 0 Å². The minimum Gasteiger partial charge on any atom is -0.465 e. The second-order valence-electron chi connectivity index (χ2n) is 5.30. The van der Waals surface area contributed by atoms with Crippen molar-refractivity contribution in [3.8, 4) is 0 Å². The van der Waals surface area contributed by atoms with E-state index in [0.29, 0.717) is 24.2 Å². The SMILES string of the molecule is COC(=O)c1cccc(/C=N/CC/N=C/c2cccc(C(=O)OC)c2)c1. The maximum absolute atomic E-state index is 11.5. The fourth-order valence-electron chi connectivity index (χ4n) is 2.18. The Morgan fingerprint density at radius 3 is 1.62 bits per heavy atom. The Morgan fingerprint density at radius 2 is 1.23 bits per heavy atom. The van der Waals surface area contributed by atoms with Gasteiger partial charge in [-0.15, -0.1) is 0 Å². The molecule has 0 aliphatic carbocycles. The van der Waals surface area contributed by atoms with Gasteiger partial charge in [-0.1, -0.05) is 24.3 Å². The summed E-state index contributed by atoms with van der Waals surface area (Å²) in [6.07, 6.45) is 3.39. The smallest absolute Gasteiger partial charge is 0.337 e. The Labute approximate surface area is 152 Å². The van der Waals surface area contributed by atoms with Crippen LogP contribution in [0.3, 0.4) is 0 Å². The summed E-state index contributed by atoms with van der Waals surface area (Å²) in [6.45, 7) is 1.02. The van der Waals surface area contributed by atoms with Crippen LogP contribution in [0.15, 0.2) is 58.5 Å². The summed E-state index contributed by atoms with van der Waals surface area (Å²) in [7, 11) is 2.70. The zero-order valence-electron chi connectivity index (χ0n) is 14.7. The first-order valence-electron chi connectivity index (χ1n) is 8.00. The van der Waals surface area contributed by atoms with E-state index in [0.717, 1.165) is 11.1 Å². The van der Waals surface area contributed by atoms with Gasteiger partial charge >= 0.3 is 11.9 Å². The fraction of sp³-hybridized carbons (Fsp3) is 0.200. The van der Waals surface area contributed by atoms with Gasteiger partial charge in [-0.05, 0) is 35.4 Å². The highest BCUT2D eigenvalue weighted by atomic mass is 16.5. The molecular formula is C20H20N2O4. The van der Waals surface area contributed by atoms with Crippen molar-refractivity contribution in [3.63, 3.8) is 0 Å². The molecule has 0 amide bonds. The third-order valence-electron chi connectivity index (χ3n) is 3.45. The van der Waals surface area contributed by atoms with Gasteiger partial charge in [0.15, 0.2) is 0 Å². The molecule has 0 heterocycles. The second kappa shape index (κ2) is 9.88. The van der Waals surface area contributed by atoms with E-state index in [1.807, 2.05) is 12.1 Å². The average Bonchev–Trinajstić information content (AvgIpc) is 2.69. The summed E-state index contributed by atoms with van der Waals surface area (Å²) in [4.78, 5) is 31.6. The normalized spacial score (nSPS) is 11.0. The van der Waals surface area contributed by atoms with Crippen LogP contribution in [0.2, 0.25) is 0 Å². The van der Waals surface area contributed by atoms with Crippen molar-refractivity contribution in [3.05, 3.63) is 70.8 Å². The first kappa shape index (κ1) is 19.1. The maximum atomic E-state index is 11.5.